The van der Waals surface area contributed by atoms with Crippen LogP contribution < -0.4 is 0 Å². The molecule has 3 aromatic carbocycles. The molecule has 1 N–H and O–H groups in total. The number of rotatable bonds is 11. The number of ether oxygens (including phenoxy) is 5. The predicted octanol–water partition coefficient (Wildman–Crippen LogP) is 4.11. The minimum atomic E-state index is -0.952. The maximum Gasteiger partial charge on any atom is 0.186 e. The first-order chi connectivity index (χ1) is 16.7. The van der Waals surface area contributed by atoms with Crippen molar-refractivity contribution in [2.24, 2.45) is 0 Å². The van der Waals surface area contributed by atoms with Gasteiger partial charge in [-0.05, 0) is 16.7 Å². The zero-order valence-electron chi connectivity index (χ0n) is 19.4. The van der Waals surface area contributed by atoms with Gasteiger partial charge in [-0.15, -0.1) is 0 Å². The first-order valence-corrected chi connectivity index (χ1v) is 11.5. The molecule has 0 bridgehead atoms. The fourth-order valence-corrected chi connectivity index (χ4v) is 3.99. The van der Waals surface area contributed by atoms with Crippen LogP contribution in [-0.2, 0) is 43.5 Å². The molecule has 0 spiro atoms. The van der Waals surface area contributed by atoms with Crippen molar-refractivity contribution in [3.63, 3.8) is 0 Å². The van der Waals surface area contributed by atoms with Gasteiger partial charge >= 0.3 is 0 Å². The van der Waals surface area contributed by atoms with E-state index in [1.807, 2.05) is 91.0 Å². The lowest BCUT2D eigenvalue weighted by Gasteiger charge is -2.43. The molecule has 0 radical (unpaired) electrons. The van der Waals surface area contributed by atoms with Crippen molar-refractivity contribution in [3.05, 3.63) is 108 Å². The van der Waals surface area contributed by atoms with E-state index in [0.717, 1.165) is 16.7 Å². The molecule has 180 valence electrons. The first-order valence-electron chi connectivity index (χ1n) is 11.5. The number of hydrogen-bond donors (Lipinski definition) is 1. The summed E-state index contributed by atoms with van der Waals surface area (Å²) < 4.78 is 30.0. The zero-order chi connectivity index (χ0) is 23.6. The van der Waals surface area contributed by atoms with Crippen molar-refractivity contribution in [2.45, 2.75) is 50.5 Å². The maximum absolute atomic E-state index is 11.2. The molecule has 34 heavy (non-hydrogen) atoms. The van der Waals surface area contributed by atoms with E-state index < -0.39 is 30.7 Å². The van der Waals surface area contributed by atoms with E-state index >= 15 is 0 Å². The van der Waals surface area contributed by atoms with Crippen LogP contribution >= 0.6 is 0 Å². The van der Waals surface area contributed by atoms with E-state index in [1.165, 1.54) is 0 Å². The lowest BCUT2D eigenvalue weighted by molar-refractivity contribution is -0.315. The van der Waals surface area contributed by atoms with E-state index in [9.17, 15) is 5.11 Å². The molecule has 1 fully saturated rings. The number of aliphatic hydroxyl groups is 1. The van der Waals surface area contributed by atoms with Gasteiger partial charge in [-0.3, -0.25) is 0 Å². The molecule has 4 rings (SSSR count). The Bertz CT molecular complexity index is 952. The van der Waals surface area contributed by atoms with Gasteiger partial charge in [0.05, 0.1) is 26.4 Å². The van der Waals surface area contributed by atoms with E-state index in [1.54, 1.807) is 7.11 Å². The normalized spacial score (nSPS) is 24.7. The molecule has 2 unspecified atom stereocenters. The third kappa shape index (κ3) is 6.73. The molecule has 1 aliphatic rings. The summed E-state index contributed by atoms with van der Waals surface area (Å²) in [6, 6.07) is 29.6. The smallest absolute Gasteiger partial charge is 0.186 e. The molecule has 6 heteroatoms. The summed E-state index contributed by atoms with van der Waals surface area (Å²) in [7, 11) is 1.57. The standard InChI is InChI=1S/C28H32O6/c1-30-28-27(33-19-23-15-9-4-10-16-23)26(32-18-22-13-7-3-8-14-22)25(29)24(34-28)20-31-17-21-11-5-2-6-12-21/h2-16,24-29H,17-20H2,1H3/t24?,25-,26-,27?,28+/m1/s1. The van der Waals surface area contributed by atoms with E-state index in [-0.39, 0.29) is 6.61 Å². The Morgan fingerprint density at radius 2 is 1.15 bits per heavy atom. The molecule has 1 aliphatic heterocycles. The topological polar surface area (TPSA) is 66.4 Å². The van der Waals surface area contributed by atoms with E-state index in [0.29, 0.717) is 19.8 Å². The van der Waals surface area contributed by atoms with Gasteiger partial charge in [0.15, 0.2) is 6.29 Å². The van der Waals surface area contributed by atoms with Crippen LogP contribution in [0.15, 0.2) is 91.0 Å². The van der Waals surface area contributed by atoms with Crippen molar-refractivity contribution in [2.75, 3.05) is 13.7 Å². The Labute approximate surface area is 201 Å². The fraction of sp³-hybridized carbons (Fsp3) is 0.357. The van der Waals surface area contributed by atoms with Crippen LogP contribution in [0.2, 0.25) is 0 Å². The van der Waals surface area contributed by atoms with Gasteiger partial charge < -0.3 is 28.8 Å². The third-order valence-electron chi connectivity index (χ3n) is 5.82. The average Bonchev–Trinajstić information content (AvgIpc) is 2.89. The van der Waals surface area contributed by atoms with Crippen LogP contribution in [-0.4, -0.2) is 49.5 Å². The average molecular weight is 465 g/mol. The maximum atomic E-state index is 11.2. The van der Waals surface area contributed by atoms with Gasteiger partial charge in [-0.25, -0.2) is 0 Å². The highest BCUT2D eigenvalue weighted by Gasteiger charge is 2.47. The first kappa shape index (κ1) is 24.5. The lowest BCUT2D eigenvalue weighted by Crippen LogP contribution is -2.60. The highest BCUT2D eigenvalue weighted by atomic mass is 16.7. The monoisotopic (exact) mass is 464 g/mol. The quantitative estimate of drug-likeness (QED) is 0.461. The van der Waals surface area contributed by atoms with Gasteiger partial charge in [0.25, 0.3) is 0 Å². The van der Waals surface area contributed by atoms with Crippen molar-refractivity contribution in [3.8, 4) is 0 Å². The van der Waals surface area contributed by atoms with Crippen LogP contribution in [0.4, 0.5) is 0 Å². The molecule has 3 aromatic rings. The van der Waals surface area contributed by atoms with E-state index in [4.69, 9.17) is 23.7 Å². The summed E-state index contributed by atoms with van der Waals surface area (Å²) in [5, 5.41) is 11.2. The van der Waals surface area contributed by atoms with Crippen LogP contribution in [0.3, 0.4) is 0 Å². The second kappa shape index (κ2) is 12.8. The summed E-state index contributed by atoms with van der Waals surface area (Å²) in [4.78, 5) is 0. The fourth-order valence-electron chi connectivity index (χ4n) is 3.99. The molecule has 0 aliphatic carbocycles. The second-order valence-corrected chi connectivity index (χ2v) is 8.29. The van der Waals surface area contributed by atoms with Gasteiger partial charge in [-0.2, -0.15) is 0 Å². The van der Waals surface area contributed by atoms with Gasteiger partial charge in [0.2, 0.25) is 0 Å². The zero-order valence-corrected chi connectivity index (χ0v) is 19.4. The van der Waals surface area contributed by atoms with Crippen LogP contribution in [0.25, 0.3) is 0 Å². The van der Waals surface area contributed by atoms with Crippen molar-refractivity contribution < 1.29 is 28.8 Å². The molecule has 0 aromatic heterocycles. The predicted molar refractivity (Wildman–Crippen MR) is 128 cm³/mol. The highest BCUT2D eigenvalue weighted by Crippen LogP contribution is 2.28. The molecule has 5 atom stereocenters. The number of hydrogen-bond acceptors (Lipinski definition) is 6. The molecule has 6 nitrogen and oxygen atoms in total. The lowest BCUT2D eigenvalue weighted by atomic mass is 9.98. The second-order valence-electron chi connectivity index (χ2n) is 8.29. The number of aliphatic hydroxyl groups excluding tert-OH is 1. The molecular weight excluding hydrogens is 432 g/mol. The minimum absolute atomic E-state index is 0.201. The minimum Gasteiger partial charge on any atom is -0.387 e. The molecular formula is C28H32O6. The van der Waals surface area contributed by atoms with Gasteiger partial charge in [-0.1, -0.05) is 91.0 Å². The van der Waals surface area contributed by atoms with Crippen molar-refractivity contribution >= 4 is 0 Å². The SMILES string of the molecule is CO[C@H]1OC(COCc2ccccc2)[C@@H](O)[C@@H](OCc2ccccc2)C1OCc1ccccc1. The Balaban J connectivity index is 1.44. The van der Waals surface area contributed by atoms with Gasteiger partial charge in [0.1, 0.15) is 24.4 Å². The number of benzene rings is 3. The molecule has 0 amide bonds. The van der Waals surface area contributed by atoms with Crippen LogP contribution in [0.1, 0.15) is 16.7 Å². The summed E-state index contributed by atoms with van der Waals surface area (Å²) in [6.07, 6.45) is -3.56. The molecule has 1 heterocycles. The Morgan fingerprint density at radius 3 is 1.65 bits per heavy atom. The Kier molecular flexibility index (Phi) is 9.21. The largest absolute Gasteiger partial charge is 0.387 e. The summed E-state index contributed by atoms with van der Waals surface area (Å²) in [6.45, 7) is 1.31. The Hall–Kier alpha value is -2.58. The molecule has 0 saturated carbocycles. The van der Waals surface area contributed by atoms with Crippen molar-refractivity contribution in [1.82, 2.24) is 0 Å². The van der Waals surface area contributed by atoms with E-state index in [2.05, 4.69) is 0 Å². The van der Waals surface area contributed by atoms with Crippen LogP contribution in [0.5, 0.6) is 0 Å². The van der Waals surface area contributed by atoms with Crippen molar-refractivity contribution in [1.29, 1.82) is 0 Å². The highest BCUT2D eigenvalue weighted by molar-refractivity contribution is 5.15. The van der Waals surface area contributed by atoms with Crippen LogP contribution in [0, 0.1) is 0 Å². The van der Waals surface area contributed by atoms with Gasteiger partial charge in [0, 0.05) is 7.11 Å². The number of methoxy groups -OCH3 is 1. The summed E-state index contributed by atoms with van der Waals surface area (Å²) >= 11 is 0. The Morgan fingerprint density at radius 1 is 0.676 bits per heavy atom. The summed E-state index contributed by atoms with van der Waals surface area (Å²) in [5.41, 5.74) is 3.08. The third-order valence-corrected chi connectivity index (χ3v) is 5.82. The summed E-state index contributed by atoms with van der Waals surface area (Å²) in [5.74, 6) is 0. The molecule has 1 saturated heterocycles.